The van der Waals surface area contributed by atoms with Crippen molar-refractivity contribution in [2.24, 2.45) is 0 Å². The van der Waals surface area contributed by atoms with Crippen LogP contribution < -0.4 is 4.74 Å². The first kappa shape index (κ1) is 21.4. The summed E-state index contributed by atoms with van der Waals surface area (Å²) in [4.78, 5) is 14.0. The van der Waals surface area contributed by atoms with Crippen LogP contribution in [0.2, 0.25) is 10.0 Å². The van der Waals surface area contributed by atoms with E-state index in [4.69, 9.17) is 27.9 Å². The maximum absolute atomic E-state index is 12.0. The number of nitrogens with zero attached hydrogens (tertiary/aromatic N) is 1. The Balaban J connectivity index is 2.20. The standard InChI is InChI=1S/C21H22BrCl2NO3/c1-2-28-19-9-6-13(22)11-16(19)20(15-8-7-14(23)12-17(15)24)25-10-4-3-5-18(25)21(26)27/h6-9,11-12,18,20H,2-5,10H2,1H3,(H,26,27). The Morgan fingerprint density at radius 3 is 2.71 bits per heavy atom. The number of piperidine rings is 1. The van der Waals surface area contributed by atoms with Gasteiger partial charge in [0.25, 0.3) is 0 Å². The summed E-state index contributed by atoms with van der Waals surface area (Å²) in [5.41, 5.74) is 1.70. The molecule has 0 amide bonds. The molecule has 1 fully saturated rings. The predicted octanol–water partition coefficient (Wildman–Crippen LogP) is 6.18. The quantitative estimate of drug-likeness (QED) is 0.529. The molecule has 4 nitrogen and oxygen atoms in total. The van der Waals surface area contributed by atoms with Gasteiger partial charge >= 0.3 is 5.97 Å². The van der Waals surface area contributed by atoms with Gasteiger partial charge in [0, 0.05) is 20.1 Å². The van der Waals surface area contributed by atoms with Crippen molar-refractivity contribution in [2.75, 3.05) is 13.2 Å². The molecular weight excluding hydrogens is 465 g/mol. The number of hydrogen-bond donors (Lipinski definition) is 1. The van der Waals surface area contributed by atoms with Gasteiger partial charge in [-0.05, 0) is 62.2 Å². The summed E-state index contributed by atoms with van der Waals surface area (Å²) in [7, 11) is 0. The number of hydrogen-bond acceptors (Lipinski definition) is 3. The molecule has 28 heavy (non-hydrogen) atoms. The molecule has 2 aromatic rings. The Morgan fingerprint density at radius 2 is 2.04 bits per heavy atom. The van der Waals surface area contributed by atoms with Gasteiger partial charge in [-0.2, -0.15) is 0 Å². The zero-order valence-corrected chi connectivity index (χ0v) is 18.6. The van der Waals surface area contributed by atoms with Crippen LogP contribution in [0.3, 0.4) is 0 Å². The minimum absolute atomic E-state index is 0.356. The van der Waals surface area contributed by atoms with Crippen LogP contribution >= 0.6 is 39.1 Å². The monoisotopic (exact) mass is 485 g/mol. The van der Waals surface area contributed by atoms with Crippen LogP contribution in [0.4, 0.5) is 0 Å². The van der Waals surface area contributed by atoms with Crippen LogP contribution in [0.1, 0.15) is 43.4 Å². The minimum atomic E-state index is -0.817. The summed E-state index contributed by atoms with van der Waals surface area (Å²) in [5.74, 6) is -0.0980. The fourth-order valence-electron chi connectivity index (χ4n) is 3.80. The third-order valence-electron chi connectivity index (χ3n) is 4.98. The van der Waals surface area contributed by atoms with Crippen molar-refractivity contribution in [3.63, 3.8) is 0 Å². The van der Waals surface area contributed by atoms with E-state index in [1.54, 1.807) is 12.1 Å². The Bertz CT molecular complexity index is 862. The number of halogens is 3. The molecule has 0 radical (unpaired) electrons. The maximum atomic E-state index is 12.0. The highest BCUT2D eigenvalue weighted by atomic mass is 79.9. The van der Waals surface area contributed by atoms with Crippen molar-refractivity contribution in [2.45, 2.75) is 38.3 Å². The summed E-state index contributed by atoms with van der Waals surface area (Å²) in [6, 6.07) is 10.2. The van der Waals surface area contributed by atoms with E-state index in [9.17, 15) is 9.90 Å². The summed E-state index contributed by atoms with van der Waals surface area (Å²) in [5, 5.41) is 10.9. The van der Waals surface area contributed by atoms with Gasteiger partial charge in [-0.25, -0.2) is 0 Å². The minimum Gasteiger partial charge on any atom is -0.494 e. The van der Waals surface area contributed by atoms with Crippen LogP contribution in [0.5, 0.6) is 5.75 Å². The van der Waals surface area contributed by atoms with Crippen LogP contribution in [-0.2, 0) is 4.79 Å². The second kappa shape index (κ2) is 9.49. The van der Waals surface area contributed by atoms with Crippen molar-refractivity contribution >= 4 is 45.1 Å². The number of carboxylic acids is 1. The van der Waals surface area contributed by atoms with E-state index in [0.29, 0.717) is 29.6 Å². The van der Waals surface area contributed by atoms with Crippen LogP contribution in [0.15, 0.2) is 40.9 Å². The number of carbonyl (C=O) groups is 1. The number of ether oxygens (including phenoxy) is 1. The van der Waals surface area contributed by atoms with Gasteiger partial charge in [0.05, 0.1) is 12.6 Å². The molecule has 1 aliphatic rings. The van der Waals surface area contributed by atoms with E-state index >= 15 is 0 Å². The van der Waals surface area contributed by atoms with Gasteiger partial charge in [0.15, 0.2) is 0 Å². The van der Waals surface area contributed by atoms with Gasteiger partial charge in [-0.3, -0.25) is 9.69 Å². The molecule has 2 unspecified atom stereocenters. The molecule has 1 saturated heterocycles. The molecule has 7 heteroatoms. The third-order valence-corrected chi connectivity index (χ3v) is 6.04. The van der Waals surface area contributed by atoms with Crippen LogP contribution in [0, 0.1) is 0 Å². The van der Waals surface area contributed by atoms with Crippen LogP contribution in [-0.4, -0.2) is 35.2 Å². The van der Waals surface area contributed by atoms with Gasteiger partial charge in [-0.15, -0.1) is 0 Å². The summed E-state index contributed by atoms with van der Waals surface area (Å²) >= 11 is 16.2. The molecule has 0 spiro atoms. The Morgan fingerprint density at radius 1 is 1.25 bits per heavy atom. The van der Waals surface area contributed by atoms with E-state index < -0.39 is 12.0 Å². The normalized spacial score (nSPS) is 18.6. The van der Waals surface area contributed by atoms with Crippen molar-refractivity contribution in [1.82, 2.24) is 4.90 Å². The number of aliphatic carboxylic acids is 1. The molecule has 3 rings (SSSR count). The van der Waals surface area contributed by atoms with Crippen molar-refractivity contribution < 1.29 is 14.6 Å². The van der Waals surface area contributed by atoms with E-state index in [1.807, 2.05) is 36.1 Å². The largest absolute Gasteiger partial charge is 0.494 e. The van der Waals surface area contributed by atoms with Crippen molar-refractivity contribution in [3.8, 4) is 5.75 Å². The van der Waals surface area contributed by atoms with E-state index in [-0.39, 0.29) is 6.04 Å². The first-order valence-corrected chi connectivity index (χ1v) is 10.8. The molecule has 1 N–H and O–H groups in total. The van der Waals surface area contributed by atoms with Gasteiger partial charge in [0.1, 0.15) is 11.8 Å². The lowest BCUT2D eigenvalue weighted by Gasteiger charge is -2.40. The second-order valence-electron chi connectivity index (χ2n) is 6.77. The average Bonchev–Trinajstić information content (AvgIpc) is 2.66. The molecule has 0 aliphatic carbocycles. The lowest BCUT2D eigenvalue weighted by molar-refractivity contribution is -0.145. The fraction of sp³-hybridized carbons (Fsp3) is 0.381. The highest BCUT2D eigenvalue weighted by Gasteiger charge is 2.37. The Kier molecular flexibility index (Phi) is 7.26. The summed E-state index contributed by atoms with van der Waals surface area (Å²) in [6.45, 7) is 3.10. The van der Waals surface area contributed by atoms with Gasteiger partial charge < -0.3 is 9.84 Å². The zero-order chi connectivity index (χ0) is 20.3. The fourth-order valence-corrected chi connectivity index (χ4v) is 4.69. The molecule has 150 valence electrons. The number of benzene rings is 2. The lowest BCUT2D eigenvalue weighted by Crippen LogP contribution is -2.47. The highest BCUT2D eigenvalue weighted by Crippen LogP contribution is 2.42. The molecule has 2 aromatic carbocycles. The zero-order valence-electron chi connectivity index (χ0n) is 15.5. The number of carboxylic acid groups (broad SMARTS) is 1. The van der Waals surface area contributed by atoms with E-state index in [2.05, 4.69) is 15.9 Å². The molecule has 0 saturated carbocycles. The molecule has 0 aromatic heterocycles. The van der Waals surface area contributed by atoms with E-state index in [1.165, 1.54) is 0 Å². The first-order valence-electron chi connectivity index (χ1n) is 9.28. The van der Waals surface area contributed by atoms with Crippen molar-refractivity contribution in [3.05, 3.63) is 62.0 Å². The first-order chi connectivity index (χ1) is 13.4. The Hall–Kier alpha value is -1.27. The maximum Gasteiger partial charge on any atom is 0.320 e. The Labute approximate surface area is 183 Å². The third kappa shape index (κ3) is 4.65. The smallest absolute Gasteiger partial charge is 0.320 e. The molecule has 1 heterocycles. The molecular formula is C21H22BrCl2NO3. The SMILES string of the molecule is CCOc1ccc(Br)cc1C(c1ccc(Cl)cc1Cl)N1CCCCC1C(=O)O. The number of likely N-dealkylation sites (tertiary alicyclic amines) is 1. The summed E-state index contributed by atoms with van der Waals surface area (Å²) in [6.07, 6.45) is 2.43. The summed E-state index contributed by atoms with van der Waals surface area (Å²) < 4.78 is 6.77. The van der Waals surface area contributed by atoms with Gasteiger partial charge in [0.2, 0.25) is 0 Å². The average molecular weight is 487 g/mol. The lowest BCUT2D eigenvalue weighted by atomic mass is 9.91. The highest BCUT2D eigenvalue weighted by molar-refractivity contribution is 9.10. The van der Waals surface area contributed by atoms with Crippen molar-refractivity contribution in [1.29, 1.82) is 0 Å². The predicted molar refractivity (Wildman–Crippen MR) is 116 cm³/mol. The second-order valence-corrected chi connectivity index (χ2v) is 8.53. The molecule has 1 aliphatic heterocycles. The van der Waals surface area contributed by atoms with E-state index in [0.717, 1.165) is 34.2 Å². The molecule has 2 atom stereocenters. The van der Waals surface area contributed by atoms with Gasteiger partial charge in [-0.1, -0.05) is 51.6 Å². The number of rotatable bonds is 6. The molecule has 0 bridgehead atoms. The topological polar surface area (TPSA) is 49.8 Å². The van der Waals surface area contributed by atoms with Crippen LogP contribution in [0.25, 0.3) is 0 Å².